The molecular formula is C15H10ClN3O2S. The van der Waals surface area contributed by atoms with Crippen LogP contribution in [-0.4, -0.2) is 21.2 Å². The van der Waals surface area contributed by atoms with Gasteiger partial charge in [0.15, 0.2) is 5.01 Å². The highest BCUT2D eigenvalue weighted by molar-refractivity contribution is 7.18. The van der Waals surface area contributed by atoms with Crippen LogP contribution < -0.4 is 5.32 Å². The Morgan fingerprint density at radius 3 is 2.73 bits per heavy atom. The van der Waals surface area contributed by atoms with Crippen molar-refractivity contribution in [2.24, 2.45) is 0 Å². The standard InChI is InChI=1S/C15H10ClN3O2S/c16-12-7-2-1-6-11(12)14-18-19-15(22-14)17-13(21)9-4-3-5-10(20)8-9/h1-8,20H,(H,17,19,21). The lowest BCUT2D eigenvalue weighted by atomic mass is 10.2. The third kappa shape index (κ3) is 3.08. The first kappa shape index (κ1) is 14.5. The van der Waals surface area contributed by atoms with Crippen LogP contribution in [0.15, 0.2) is 48.5 Å². The van der Waals surface area contributed by atoms with Crippen molar-refractivity contribution < 1.29 is 9.90 Å². The monoisotopic (exact) mass is 331 g/mol. The Bertz CT molecular complexity index is 835. The number of aromatic hydroxyl groups is 1. The van der Waals surface area contributed by atoms with Crippen molar-refractivity contribution in [1.29, 1.82) is 0 Å². The predicted molar refractivity (Wildman–Crippen MR) is 86.4 cm³/mol. The van der Waals surface area contributed by atoms with Crippen molar-refractivity contribution in [1.82, 2.24) is 10.2 Å². The quantitative estimate of drug-likeness (QED) is 0.765. The Hall–Kier alpha value is -2.44. The molecule has 0 atom stereocenters. The second-order valence-electron chi connectivity index (χ2n) is 4.40. The number of hydrogen-bond donors (Lipinski definition) is 2. The summed E-state index contributed by atoms with van der Waals surface area (Å²) in [6, 6.07) is 13.4. The molecule has 7 heteroatoms. The molecule has 0 bridgehead atoms. The molecule has 2 N–H and O–H groups in total. The van der Waals surface area contributed by atoms with E-state index in [1.165, 1.54) is 23.5 Å². The van der Waals surface area contributed by atoms with Crippen molar-refractivity contribution in [3.05, 3.63) is 59.1 Å². The van der Waals surface area contributed by atoms with E-state index in [4.69, 9.17) is 11.6 Å². The summed E-state index contributed by atoms with van der Waals surface area (Å²) in [7, 11) is 0. The van der Waals surface area contributed by atoms with E-state index in [0.717, 1.165) is 5.56 Å². The minimum absolute atomic E-state index is 0.0293. The van der Waals surface area contributed by atoms with Gasteiger partial charge in [0.2, 0.25) is 5.13 Å². The van der Waals surface area contributed by atoms with Gasteiger partial charge in [-0.15, -0.1) is 10.2 Å². The number of hydrogen-bond acceptors (Lipinski definition) is 5. The zero-order valence-corrected chi connectivity index (χ0v) is 12.7. The average Bonchev–Trinajstić information content (AvgIpc) is 2.96. The van der Waals surface area contributed by atoms with Crippen LogP contribution in [0.3, 0.4) is 0 Å². The number of halogens is 1. The topological polar surface area (TPSA) is 75.1 Å². The van der Waals surface area contributed by atoms with Gasteiger partial charge in [-0.05, 0) is 24.3 Å². The minimum Gasteiger partial charge on any atom is -0.508 e. The summed E-state index contributed by atoms with van der Waals surface area (Å²) in [5.41, 5.74) is 1.11. The highest BCUT2D eigenvalue weighted by Gasteiger charge is 2.13. The van der Waals surface area contributed by atoms with Crippen LogP contribution in [0.1, 0.15) is 10.4 Å². The molecule has 0 radical (unpaired) electrons. The van der Waals surface area contributed by atoms with Crippen LogP contribution in [0.2, 0.25) is 5.02 Å². The van der Waals surface area contributed by atoms with Crippen LogP contribution in [0.5, 0.6) is 5.75 Å². The normalized spacial score (nSPS) is 10.4. The van der Waals surface area contributed by atoms with E-state index in [1.807, 2.05) is 18.2 Å². The van der Waals surface area contributed by atoms with Gasteiger partial charge in [0.1, 0.15) is 5.75 Å². The molecule has 1 heterocycles. The molecule has 0 saturated heterocycles. The number of phenols is 1. The largest absolute Gasteiger partial charge is 0.508 e. The molecule has 110 valence electrons. The zero-order valence-electron chi connectivity index (χ0n) is 11.2. The smallest absolute Gasteiger partial charge is 0.257 e. The van der Waals surface area contributed by atoms with Gasteiger partial charge in [-0.25, -0.2) is 0 Å². The molecule has 0 aliphatic rings. The minimum atomic E-state index is -0.363. The van der Waals surface area contributed by atoms with Crippen LogP contribution >= 0.6 is 22.9 Å². The molecule has 3 rings (SSSR count). The zero-order chi connectivity index (χ0) is 15.5. The molecule has 0 spiro atoms. The Morgan fingerprint density at radius 2 is 1.95 bits per heavy atom. The van der Waals surface area contributed by atoms with Crippen LogP contribution in [0, 0.1) is 0 Å². The predicted octanol–water partition coefficient (Wildman–Crippen LogP) is 3.82. The van der Waals surface area contributed by atoms with Gasteiger partial charge in [0, 0.05) is 11.1 Å². The molecule has 0 aliphatic heterocycles. The first-order valence-electron chi connectivity index (χ1n) is 6.32. The Morgan fingerprint density at radius 1 is 1.14 bits per heavy atom. The fourth-order valence-corrected chi connectivity index (χ4v) is 2.89. The summed E-state index contributed by atoms with van der Waals surface area (Å²) >= 11 is 7.34. The van der Waals surface area contributed by atoms with E-state index in [1.54, 1.807) is 18.2 Å². The number of anilines is 1. The molecule has 3 aromatic rings. The van der Waals surface area contributed by atoms with Gasteiger partial charge >= 0.3 is 0 Å². The highest BCUT2D eigenvalue weighted by atomic mass is 35.5. The van der Waals surface area contributed by atoms with E-state index in [0.29, 0.717) is 20.7 Å². The van der Waals surface area contributed by atoms with Gasteiger partial charge in [-0.2, -0.15) is 0 Å². The Balaban J connectivity index is 1.80. The van der Waals surface area contributed by atoms with Gasteiger partial charge in [0.25, 0.3) is 5.91 Å². The fraction of sp³-hybridized carbons (Fsp3) is 0. The number of carbonyl (C=O) groups excluding carboxylic acids is 1. The Kier molecular flexibility index (Phi) is 4.04. The first-order chi connectivity index (χ1) is 10.6. The van der Waals surface area contributed by atoms with E-state index in [-0.39, 0.29) is 11.7 Å². The lowest BCUT2D eigenvalue weighted by molar-refractivity contribution is 0.102. The summed E-state index contributed by atoms with van der Waals surface area (Å²) in [5, 5.41) is 21.6. The van der Waals surface area contributed by atoms with Crippen LogP contribution in [0.25, 0.3) is 10.6 Å². The molecule has 0 aliphatic carbocycles. The summed E-state index contributed by atoms with van der Waals surface area (Å²) in [4.78, 5) is 12.1. The summed E-state index contributed by atoms with van der Waals surface area (Å²) in [5.74, 6) is -0.334. The first-order valence-corrected chi connectivity index (χ1v) is 7.52. The van der Waals surface area contributed by atoms with E-state index >= 15 is 0 Å². The maximum Gasteiger partial charge on any atom is 0.257 e. The SMILES string of the molecule is O=C(Nc1nnc(-c2ccccc2Cl)s1)c1cccc(O)c1. The third-order valence-corrected chi connectivity index (χ3v) is 4.06. The van der Waals surface area contributed by atoms with Crippen molar-refractivity contribution in [3.8, 4) is 16.3 Å². The highest BCUT2D eigenvalue weighted by Crippen LogP contribution is 2.31. The summed E-state index contributed by atoms with van der Waals surface area (Å²) in [6.07, 6.45) is 0. The van der Waals surface area contributed by atoms with Gasteiger partial charge in [0.05, 0.1) is 5.02 Å². The molecule has 0 fully saturated rings. The molecule has 22 heavy (non-hydrogen) atoms. The van der Waals surface area contributed by atoms with Crippen molar-refractivity contribution in [2.45, 2.75) is 0 Å². The number of aromatic nitrogens is 2. The number of amides is 1. The molecular weight excluding hydrogens is 322 g/mol. The van der Waals surface area contributed by atoms with Gasteiger partial charge in [-0.1, -0.05) is 47.2 Å². The second kappa shape index (κ2) is 6.13. The number of rotatable bonds is 3. The lowest BCUT2D eigenvalue weighted by Gasteiger charge is -2.01. The Labute approximate surface area is 135 Å². The van der Waals surface area contributed by atoms with Crippen molar-refractivity contribution >= 4 is 34.0 Å². The number of nitrogens with zero attached hydrogens (tertiary/aromatic N) is 2. The number of benzene rings is 2. The fourth-order valence-electron chi connectivity index (χ4n) is 1.83. The third-order valence-electron chi connectivity index (χ3n) is 2.86. The van der Waals surface area contributed by atoms with E-state index in [9.17, 15) is 9.90 Å². The van der Waals surface area contributed by atoms with E-state index in [2.05, 4.69) is 15.5 Å². The lowest BCUT2D eigenvalue weighted by Crippen LogP contribution is -2.11. The summed E-state index contributed by atoms with van der Waals surface area (Å²) in [6.45, 7) is 0. The number of carbonyl (C=O) groups is 1. The molecule has 0 saturated carbocycles. The molecule has 2 aromatic carbocycles. The average molecular weight is 332 g/mol. The maximum atomic E-state index is 12.1. The number of phenolic OH excluding ortho intramolecular Hbond substituents is 1. The summed E-state index contributed by atoms with van der Waals surface area (Å²) < 4.78 is 0. The number of nitrogens with one attached hydrogen (secondary N) is 1. The van der Waals surface area contributed by atoms with Crippen LogP contribution in [0.4, 0.5) is 5.13 Å². The van der Waals surface area contributed by atoms with Crippen LogP contribution in [-0.2, 0) is 0 Å². The van der Waals surface area contributed by atoms with Crippen molar-refractivity contribution in [3.63, 3.8) is 0 Å². The molecule has 1 amide bonds. The van der Waals surface area contributed by atoms with Gasteiger partial charge in [-0.3, -0.25) is 10.1 Å². The second-order valence-corrected chi connectivity index (χ2v) is 5.78. The van der Waals surface area contributed by atoms with Gasteiger partial charge < -0.3 is 5.11 Å². The van der Waals surface area contributed by atoms with Crippen molar-refractivity contribution in [2.75, 3.05) is 5.32 Å². The van der Waals surface area contributed by atoms with E-state index < -0.39 is 0 Å². The molecule has 1 aromatic heterocycles. The molecule has 5 nitrogen and oxygen atoms in total. The molecule has 0 unspecified atom stereocenters. The maximum absolute atomic E-state index is 12.1.